The van der Waals surface area contributed by atoms with E-state index >= 15 is 0 Å². The standard InChI is InChI=1S/C29H31FO2/c1-3-5-6-8-23-9-11-24(12-10-23)13-16-25-19-20-27(21-28(25)30)32-29(31)26-17-14-22(7-4-2)15-18-26/h9-12,19-22,26H,3-5,7,14-15,17-18H2,1-2H3. The summed E-state index contributed by atoms with van der Waals surface area (Å²) in [6, 6.07) is 12.0. The van der Waals surface area contributed by atoms with Crippen LogP contribution < -0.4 is 4.74 Å². The molecule has 1 aliphatic rings. The molecule has 166 valence electrons. The molecule has 2 nitrogen and oxygen atoms in total. The molecule has 2 aromatic rings. The van der Waals surface area contributed by atoms with Crippen molar-refractivity contribution in [1.82, 2.24) is 0 Å². The Morgan fingerprint density at radius 2 is 1.62 bits per heavy atom. The van der Waals surface area contributed by atoms with Gasteiger partial charge in [-0.2, -0.15) is 0 Å². The number of hydrogen-bond acceptors (Lipinski definition) is 2. The topological polar surface area (TPSA) is 26.3 Å². The Bertz CT molecular complexity index is 1020. The first kappa shape index (κ1) is 23.6. The third kappa shape index (κ3) is 7.00. The van der Waals surface area contributed by atoms with Gasteiger partial charge in [0.1, 0.15) is 11.6 Å². The van der Waals surface area contributed by atoms with Crippen LogP contribution in [0.5, 0.6) is 5.75 Å². The van der Waals surface area contributed by atoms with Crippen molar-refractivity contribution < 1.29 is 13.9 Å². The maximum absolute atomic E-state index is 14.5. The molecule has 0 saturated heterocycles. The van der Waals surface area contributed by atoms with Crippen molar-refractivity contribution in [2.45, 2.75) is 65.2 Å². The highest BCUT2D eigenvalue weighted by Crippen LogP contribution is 2.32. The lowest BCUT2D eigenvalue weighted by Crippen LogP contribution is -2.25. The van der Waals surface area contributed by atoms with E-state index in [0.717, 1.165) is 55.6 Å². The molecule has 0 spiro atoms. The lowest BCUT2D eigenvalue weighted by Gasteiger charge is -2.26. The summed E-state index contributed by atoms with van der Waals surface area (Å²) in [5, 5.41) is 0. The lowest BCUT2D eigenvalue weighted by molar-refractivity contribution is -0.140. The highest BCUT2D eigenvalue weighted by atomic mass is 19.1. The molecule has 3 rings (SSSR count). The summed E-state index contributed by atoms with van der Waals surface area (Å²) in [6.07, 6.45) is 8.20. The number of halogens is 1. The highest BCUT2D eigenvalue weighted by Gasteiger charge is 2.27. The van der Waals surface area contributed by atoms with Crippen LogP contribution in [0.1, 0.15) is 81.9 Å². The van der Waals surface area contributed by atoms with E-state index in [1.807, 2.05) is 24.3 Å². The van der Waals surface area contributed by atoms with Gasteiger partial charge in [-0.05, 0) is 74.4 Å². The van der Waals surface area contributed by atoms with E-state index < -0.39 is 5.82 Å². The van der Waals surface area contributed by atoms with Crippen molar-refractivity contribution in [2.24, 2.45) is 11.8 Å². The first-order valence-electron chi connectivity index (χ1n) is 11.7. The monoisotopic (exact) mass is 430 g/mol. The Kier molecular flexibility index (Phi) is 8.94. The Balaban J connectivity index is 1.58. The van der Waals surface area contributed by atoms with Gasteiger partial charge in [0.15, 0.2) is 0 Å². The molecule has 2 aromatic carbocycles. The zero-order valence-electron chi connectivity index (χ0n) is 19.0. The number of benzene rings is 2. The molecule has 0 N–H and O–H groups in total. The van der Waals surface area contributed by atoms with E-state index in [1.54, 1.807) is 12.1 Å². The predicted octanol–water partition coefficient (Wildman–Crippen LogP) is 6.89. The summed E-state index contributed by atoms with van der Waals surface area (Å²) >= 11 is 0. The molecule has 0 radical (unpaired) electrons. The molecular formula is C29H31FO2. The second kappa shape index (κ2) is 12.1. The van der Waals surface area contributed by atoms with E-state index in [4.69, 9.17) is 4.74 Å². The number of hydrogen-bond donors (Lipinski definition) is 0. The first-order chi connectivity index (χ1) is 15.6. The normalized spacial score (nSPS) is 17.5. The van der Waals surface area contributed by atoms with Crippen molar-refractivity contribution in [3.63, 3.8) is 0 Å². The average molecular weight is 431 g/mol. The quantitative estimate of drug-likeness (QED) is 0.293. The third-order valence-electron chi connectivity index (χ3n) is 5.87. The van der Waals surface area contributed by atoms with E-state index in [-0.39, 0.29) is 23.2 Å². The summed E-state index contributed by atoms with van der Waals surface area (Å²) < 4.78 is 20.0. The molecule has 3 heteroatoms. The Morgan fingerprint density at radius 3 is 2.25 bits per heavy atom. The van der Waals surface area contributed by atoms with Crippen LogP contribution in [0.3, 0.4) is 0 Å². The van der Waals surface area contributed by atoms with Crippen molar-refractivity contribution in [3.05, 3.63) is 65.0 Å². The SMILES string of the molecule is CCCC#Cc1ccc(C#Cc2ccc(OC(=O)C3CCC(CCC)CC3)cc2F)cc1. The second-order valence-electron chi connectivity index (χ2n) is 8.45. The zero-order chi connectivity index (χ0) is 22.8. The van der Waals surface area contributed by atoms with Gasteiger partial charge in [0.25, 0.3) is 0 Å². The molecular weight excluding hydrogens is 399 g/mol. The number of ether oxygens (including phenoxy) is 1. The fourth-order valence-electron chi connectivity index (χ4n) is 4.02. The van der Waals surface area contributed by atoms with Crippen LogP contribution in [-0.4, -0.2) is 5.97 Å². The average Bonchev–Trinajstić information content (AvgIpc) is 2.80. The van der Waals surface area contributed by atoms with Gasteiger partial charge in [0.2, 0.25) is 0 Å². The molecule has 0 aromatic heterocycles. The second-order valence-corrected chi connectivity index (χ2v) is 8.45. The van der Waals surface area contributed by atoms with E-state index in [2.05, 4.69) is 37.5 Å². The smallest absolute Gasteiger partial charge is 0.314 e. The van der Waals surface area contributed by atoms with Crippen LogP contribution in [0.4, 0.5) is 4.39 Å². The summed E-state index contributed by atoms with van der Waals surface area (Å²) in [6.45, 7) is 4.30. The molecule has 1 fully saturated rings. The predicted molar refractivity (Wildman–Crippen MR) is 127 cm³/mol. The Morgan fingerprint density at radius 1 is 0.938 bits per heavy atom. The van der Waals surface area contributed by atoms with Gasteiger partial charge in [-0.3, -0.25) is 4.79 Å². The van der Waals surface area contributed by atoms with Crippen LogP contribution >= 0.6 is 0 Å². The largest absolute Gasteiger partial charge is 0.426 e. The van der Waals surface area contributed by atoms with Gasteiger partial charge in [0.05, 0.1) is 11.5 Å². The van der Waals surface area contributed by atoms with Gasteiger partial charge in [-0.15, -0.1) is 0 Å². The van der Waals surface area contributed by atoms with Crippen molar-refractivity contribution in [3.8, 4) is 29.4 Å². The zero-order valence-corrected chi connectivity index (χ0v) is 19.0. The summed E-state index contributed by atoms with van der Waals surface area (Å²) in [4.78, 5) is 12.5. The number of carbonyl (C=O) groups excluding carboxylic acids is 1. The van der Waals surface area contributed by atoms with E-state index in [9.17, 15) is 9.18 Å². The minimum absolute atomic E-state index is 0.0831. The lowest BCUT2D eigenvalue weighted by atomic mass is 9.80. The summed E-state index contributed by atoms with van der Waals surface area (Å²) in [7, 11) is 0. The molecule has 1 aliphatic carbocycles. The van der Waals surface area contributed by atoms with Crippen LogP contribution in [0, 0.1) is 41.3 Å². The fourth-order valence-corrected chi connectivity index (χ4v) is 4.02. The Hall–Kier alpha value is -3.04. The molecule has 0 heterocycles. The van der Waals surface area contributed by atoms with Crippen LogP contribution in [0.25, 0.3) is 0 Å². The van der Waals surface area contributed by atoms with Crippen LogP contribution in [0.2, 0.25) is 0 Å². The fraction of sp³-hybridized carbons (Fsp3) is 0.414. The van der Waals surface area contributed by atoms with Crippen LogP contribution in [-0.2, 0) is 4.79 Å². The van der Waals surface area contributed by atoms with Crippen LogP contribution in [0.15, 0.2) is 42.5 Å². The number of carbonyl (C=O) groups is 1. The summed E-state index contributed by atoms with van der Waals surface area (Å²) in [5.41, 5.74) is 2.01. The number of rotatable bonds is 5. The molecule has 1 saturated carbocycles. The number of esters is 1. The molecule has 0 unspecified atom stereocenters. The van der Waals surface area contributed by atoms with Gasteiger partial charge < -0.3 is 4.74 Å². The minimum atomic E-state index is -0.489. The van der Waals surface area contributed by atoms with Gasteiger partial charge in [-0.25, -0.2) is 4.39 Å². The maximum atomic E-state index is 14.5. The number of unbranched alkanes of at least 4 members (excludes halogenated alkanes) is 1. The van der Waals surface area contributed by atoms with Gasteiger partial charge in [-0.1, -0.05) is 50.4 Å². The van der Waals surface area contributed by atoms with Crippen molar-refractivity contribution in [1.29, 1.82) is 0 Å². The molecule has 0 atom stereocenters. The van der Waals surface area contributed by atoms with E-state index in [0.29, 0.717) is 0 Å². The maximum Gasteiger partial charge on any atom is 0.314 e. The Labute approximate surface area is 191 Å². The van der Waals surface area contributed by atoms with E-state index in [1.165, 1.54) is 18.9 Å². The van der Waals surface area contributed by atoms with Crippen molar-refractivity contribution in [2.75, 3.05) is 0 Å². The molecule has 0 amide bonds. The summed E-state index contributed by atoms with van der Waals surface area (Å²) in [5.74, 6) is 12.2. The van der Waals surface area contributed by atoms with Gasteiger partial charge >= 0.3 is 5.97 Å². The highest BCUT2D eigenvalue weighted by molar-refractivity contribution is 5.75. The van der Waals surface area contributed by atoms with Gasteiger partial charge in [0, 0.05) is 23.6 Å². The first-order valence-corrected chi connectivity index (χ1v) is 11.7. The third-order valence-corrected chi connectivity index (χ3v) is 5.87. The molecule has 32 heavy (non-hydrogen) atoms. The molecule has 0 aliphatic heterocycles. The van der Waals surface area contributed by atoms with Crippen molar-refractivity contribution >= 4 is 5.97 Å². The minimum Gasteiger partial charge on any atom is -0.426 e. The molecule has 0 bridgehead atoms.